The predicted molar refractivity (Wildman–Crippen MR) is 93.6 cm³/mol. The van der Waals surface area contributed by atoms with Crippen LogP contribution in [0.2, 0.25) is 0 Å². The van der Waals surface area contributed by atoms with Crippen molar-refractivity contribution in [2.75, 3.05) is 10.6 Å². The molecular formula is C18H17N3O4. The molecule has 0 bridgehead atoms. The molecule has 1 aliphatic carbocycles. The number of carbonyl (C=O) groups excluding carboxylic acids is 2. The van der Waals surface area contributed by atoms with Gasteiger partial charge in [-0.3, -0.25) is 19.7 Å². The molecule has 0 unspecified atom stereocenters. The number of nitro benzene ring substituents is 1. The van der Waals surface area contributed by atoms with Gasteiger partial charge in [-0.05, 0) is 43.5 Å². The zero-order valence-corrected chi connectivity index (χ0v) is 13.6. The molecule has 128 valence electrons. The molecule has 1 saturated carbocycles. The van der Waals surface area contributed by atoms with Crippen LogP contribution >= 0.6 is 0 Å². The summed E-state index contributed by atoms with van der Waals surface area (Å²) < 4.78 is 0. The van der Waals surface area contributed by atoms with Crippen LogP contribution in [-0.2, 0) is 4.79 Å². The summed E-state index contributed by atoms with van der Waals surface area (Å²) in [5, 5.41) is 16.4. The van der Waals surface area contributed by atoms with Crippen LogP contribution < -0.4 is 10.6 Å². The summed E-state index contributed by atoms with van der Waals surface area (Å²) in [7, 11) is 0. The van der Waals surface area contributed by atoms with Crippen LogP contribution in [0, 0.1) is 23.0 Å². The Labute approximate surface area is 144 Å². The minimum absolute atomic E-state index is 0.00902. The highest BCUT2D eigenvalue weighted by Crippen LogP contribution is 2.31. The number of anilines is 2. The fraction of sp³-hybridized carbons (Fsp3) is 0.222. The third-order valence-electron chi connectivity index (χ3n) is 4.02. The van der Waals surface area contributed by atoms with E-state index in [2.05, 4.69) is 10.6 Å². The molecule has 0 radical (unpaired) electrons. The third kappa shape index (κ3) is 4.00. The lowest BCUT2D eigenvalue weighted by Crippen LogP contribution is -2.15. The Balaban J connectivity index is 1.75. The fourth-order valence-electron chi connectivity index (χ4n) is 2.38. The Morgan fingerprint density at radius 3 is 2.56 bits per heavy atom. The maximum atomic E-state index is 12.3. The second-order valence-electron chi connectivity index (χ2n) is 6.05. The standard InChI is InChI=1S/C18H17N3O4/c1-11-5-8-14(10-16(11)20-17(22)12-6-7-12)19-18(23)13-3-2-4-15(9-13)21(24)25/h2-5,8-10,12H,6-7H2,1H3,(H,19,23)(H,20,22). The van der Waals surface area contributed by atoms with Crippen molar-refractivity contribution in [1.29, 1.82) is 0 Å². The molecule has 0 saturated heterocycles. The normalized spacial score (nSPS) is 13.2. The van der Waals surface area contributed by atoms with Gasteiger partial charge in [-0.1, -0.05) is 12.1 Å². The van der Waals surface area contributed by atoms with Gasteiger partial charge in [0.1, 0.15) is 0 Å². The van der Waals surface area contributed by atoms with E-state index in [1.165, 1.54) is 24.3 Å². The Morgan fingerprint density at radius 2 is 1.88 bits per heavy atom. The molecule has 7 nitrogen and oxygen atoms in total. The zero-order valence-electron chi connectivity index (χ0n) is 13.6. The number of hydrogen-bond donors (Lipinski definition) is 2. The molecule has 0 heterocycles. The van der Waals surface area contributed by atoms with Gasteiger partial charge in [0.15, 0.2) is 0 Å². The lowest BCUT2D eigenvalue weighted by atomic mass is 10.1. The summed E-state index contributed by atoms with van der Waals surface area (Å²) in [6.45, 7) is 1.87. The lowest BCUT2D eigenvalue weighted by Gasteiger charge is -2.11. The smallest absolute Gasteiger partial charge is 0.270 e. The van der Waals surface area contributed by atoms with Crippen LogP contribution in [0.15, 0.2) is 42.5 Å². The molecule has 25 heavy (non-hydrogen) atoms. The summed E-state index contributed by atoms with van der Waals surface area (Å²) in [6, 6.07) is 10.7. The molecule has 2 aromatic rings. The Hall–Kier alpha value is -3.22. The van der Waals surface area contributed by atoms with E-state index in [1.54, 1.807) is 18.2 Å². The van der Waals surface area contributed by atoms with Gasteiger partial charge in [0.25, 0.3) is 11.6 Å². The van der Waals surface area contributed by atoms with Crippen LogP contribution in [0.5, 0.6) is 0 Å². The molecule has 1 fully saturated rings. The van der Waals surface area contributed by atoms with Crippen molar-refractivity contribution in [3.05, 3.63) is 63.7 Å². The summed E-state index contributed by atoms with van der Waals surface area (Å²) in [4.78, 5) is 34.5. The van der Waals surface area contributed by atoms with E-state index in [1.807, 2.05) is 6.92 Å². The van der Waals surface area contributed by atoms with Crippen molar-refractivity contribution in [1.82, 2.24) is 0 Å². The molecule has 3 rings (SSSR count). The fourth-order valence-corrected chi connectivity index (χ4v) is 2.38. The predicted octanol–water partition coefficient (Wildman–Crippen LogP) is 3.50. The molecule has 2 aromatic carbocycles. The number of nitro groups is 1. The van der Waals surface area contributed by atoms with Crippen LogP contribution in [0.3, 0.4) is 0 Å². The lowest BCUT2D eigenvalue weighted by molar-refractivity contribution is -0.384. The van der Waals surface area contributed by atoms with Crippen molar-refractivity contribution < 1.29 is 14.5 Å². The SMILES string of the molecule is Cc1ccc(NC(=O)c2cccc([N+](=O)[O-])c2)cc1NC(=O)C1CC1. The number of rotatable bonds is 5. The van der Waals surface area contributed by atoms with E-state index in [4.69, 9.17) is 0 Å². The first-order chi connectivity index (χ1) is 11.9. The Kier molecular flexibility index (Phi) is 4.47. The average molecular weight is 339 g/mol. The second-order valence-corrected chi connectivity index (χ2v) is 6.05. The topological polar surface area (TPSA) is 101 Å². The number of nitrogens with zero attached hydrogens (tertiary/aromatic N) is 1. The minimum atomic E-state index is -0.547. The van der Waals surface area contributed by atoms with Gasteiger partial charge in [0.2, 0.25) is 5.91 Å². The third-order valence-corrected chi connectivity index (χ3v) is 4.02. The summed E-state index contributed by atoms with van der Waals surface area (Å²) in [5.74, 6) is -0.375. The average Bonchev–Trinajstić information content (AvgIpc) is 3.43. The minimum Gasteiger partial charge on any atom is -0.326 e. The van der Waals surface area contributed by atoms with Gasteiger partial charge in [-0.15, -0.1) is 0 Å². The van der Waals surface area contributed by atoms with E-state index >= 15 is 0 Å². The first kappa shape index (κ1) is 16.6. The zero-order chi connectivity index (χ0) is 18.0. The molecule has 1 aliphatic rings. The van der Waals surface area contributed by atoms with Gasteiger partial charge in [0, 0.05) is 35.0 Å². The van der Waals surface area contributed by atoms with E-state index in [-0.39, 0.29) is 23.1 Å². The number of hydrogen-bond acceptors (Lipinski definition) is 4. The van der Waals surface area contributed by atoms with Gasteiger partial charge in [-0.25, -0.2) is 0 Å². The highest BCUT2D eigenvalue weighted by molar-refractivity contribution is 6.05. The van der Waals surface area contributed by atoms with Crippen LogP contribution in [0.1, 0.15) is 28.8 Å². The number of amides is 2. The first-order valence-electron chi connectivity index (χ1n) is 7.91. The van der Waals surface area contributed by atoms with Crippen molar-refractivity contribution in [3.8, 4) is 0 Å². The van der Waals surface area contributed by atoms with Crippen LogP contribution in [0.4, 0.5) is 17.1 Å². The molecule has 0 aliphatic heterocycles. The van der Waals surface area contributed by atoms with Gasteiger partial charge in [-0.2, -0.15) is 0 Å². The number of benzene rings is 2. The summed E-state index contributed by atoms with van der Waals surface area (Å²) in [5.41, 5.74) is 2.09. The highest BCUT2D eigenvalue weighted by atomic mass is 16.6. The Bertz CT molecular complexity index is 859. The van der Waals surface area contributed by atoms with Crippen LogP contribution in [0.25, 0.3) is 0 Å². The molecule has 0 atom stereocenters. The van der Waals surface area contributed by atoms with Crippen molar-refractivity contribution >= 4 is 28.9 Å². The van der Waals surface area contributed by atoms with Crippen molar-refractivity contribution in [2.24, 2.45) is 5.92 Å². The largest absolute Gasteiger partial charge is 0.326 e. The summed E-state index contributed by atoms with van der Waals surface area (Å²) >= 11 is 0. The molecule has 0 aromatic heterocycles. The maximum Gasteiger partial charge on any atom is 0.270 e. The first-order valence-corrected chi connectivity index (χ1v) is 7.91. The van der Waals surface area contributed by atoms with Gasteiger partial charge < -0.3 is 10.6 Å². The van der Waals surface area contributed by atoms with E-state index in [0.717, 1.165) is 18.4 Å². The Morgan fingerprint density at radius 1 is 1.12 bits per heavy atom. The summed E-state index contributed by atoms with van der Waals surface area (Å²) in [6.07, 6.45) is 1.82. The van der Waals surface area contributed by atoms with E-state index < -0.39 is 10.8 Å². The van der Waals surface area contributed by atoms with Gasteiger partial charge in [0.05, 0.1) is 4.92 Å². The second kappa shape index (κ2) is 6.72. The quantitative estimate of drug-likeness (QED) is 0.643. The number of carbonyl (C=O) groups is 2. The number of nitrogens with one attached hydrogen (secondary N) is 2. The molecule has 0 spiro atoms. The van der Waals surface area contributed by atoms with Crippen molar-refractivity contribution in [2.45, 2.75) is 19.8 Å². The van der Waals surface area contributed by atoms with Crippen LogP contribution in [-0.4, -0.2) is 16.7 Å². The monoisotopic (exact) mass is 339 g/mol. The number of non-ortho nitro benzene ring substituents is 1. The molecular weight excluding hydrogens is 322 g/mol. The molecule has 7 heteroatoms. The molecule has 2 amide bonds. The van der Waals surface area contributed by atoms with Gasteiger partial charge >= 0.3 is 0 Å². The molecule has 2 N–H and O–H groups in total. The van der Waals surface area contributed by atoms with E-state index in [0.29, 0.717) is 11.4 Å². The maximum absolute atomic E-state index is 12.3. The number of aryl methyl sites for hydroxylation is 1. The highest BCUT2D eigenvalue weighted by Gasteiger charge is 2.29. The van der Waals surface area contributed by atoms with E-state index in [9.17, 15) is 19.7 Å². The van der Waals surface area contributed by atoms with Crippen molar-refractivity contribution in [3.63, 3.8) is 0 Å².